The third-order valence-corrected chi connectivity index (χ3v) is 3.47. The lowest BCUT2D eigenvalue weighted by molar-refractivity contribution is 0.159. The van der Waals surface area contributed by atoms with Gasteiger partial charge in [0, 0.05) is 5.75 Å². The zero-order valence-electron chi connectivity index (χ0n) is 7.93. The van der Waals surface area contributed by atoms with Gasteiger partial charge in [-0.25, -0.2) is 0 Å². The van der Waals surface area contributed by atoms with Gasteiger partial charge < -0.3 is 4.55 Å². The van der Waals surface area contributed by atoms with Gasteiger partial charge in [0.05, 0.1) is 0 Å². The summed E-state index contributed by atoms with van der Waals surface area (Å²) in [5.41, 5.74) is -0.118. The van der Waals surface area contributed by atoms with Crippen LogP contribution in [0.15, 0.2) is 0 Å². The standard InChI is InChI=1S/C8H18O2S/c1-7(2,3)8(4,5)6-11(9)10/h6H2,1-5H3,(H,9,10)/p-1. The maximum absolute atomic E-state index is 10.5. The molecular weight excluding hydrogens is 160 g/mol. The molecule has 0 aliphatic rings. The van der Waals surface area contributed by atoms with Gasteiger partial charge in [-0.15, -0.1) is 0 Å². The maximum atomic E-state index is 10.5. The van der Waals surface area contributed by atoms with Crippen molar-refractivity contribution in [3.63, 3.8) is 0 Å². The lowest BCUT2D eigenvalue weighted by Gasteiger charge is -2.39. The molecular formula is C8H17O2S-. The lowest BCUT2D eigenvalue weighted by atomic mass is 9.71. The van der Waals surface area contributed by atoms with Crippen LogP contribution in [0.3, 0.4) is 0 Å². The van der Waals surface area contributed by atoms with Crippen molar-refractivity contribution in [2.24, 2.45) is 10.8 Å². The van der Waals surface area contributed by atoms with Crippen molar-refractivity contribution in [2.75, 3.05) is 5.75 Å². The Hall–Kier alpha value is 0.110. The molecule has 0 bridgehead atoms. The predicted molar refractivity (Wildman–Crippen MR) is 47.0 cm³/mol. The Morgan fingerprint density at radius 3 is 1.64 bits per heavy atom. The van der Waals surface area contributed by atoms with Crippen molar-refractivity contribution in [1.29, 1.82) is 0 Å². The van der Waals surface area contributed by atoms with Crippen LogP contribution in [0.5, 0.6) is 0 Å². The molecule has 0 rings (SSSR count). The molecule has 68 valence electrons. The topological polar surface area (TPSA) is 40.1 Å². The Balaban J connectivity index is 4.34. The van der Waals surface area contributed by atoms with Crippen LogP contribution in [0.1, 0.15) is 34.6 Å². The molecule has 0 aromatic heterocycles. The lowest BCUT2D eigenvalue weighted by Crippen LogP contribution is -2.34. The highest BCUT2D eigenvalue weighted by Gasteiger charge is 2.32. The Morgan fingerprint density at radius 2 is 1.55 bits per heavy atom. The van der Waals surface area contributed by atoms with E-state index in [-0.39, 0.29) is 16.6 Å². The number of hydrogen-bond acceptors (Lipinski definition) is 2. The first-order chi connectivity index (χ1) is 4.67. The van der Waals surface area contributed by atoms with E-state index in [4.69, 9.17) is 0 Å². The third kappa shape index (κ3) is 3.34. The fourth-order valence-electron chi connectivity index (χ4n) is 0.511. The molecule has 0 aliphatic carbocycles. The molecule has 0 aliphatic heterocycles. The van der Waals surface area contributed by atoms with Crippen molar-refractivity contribution < 1.29 is 8.76 Å². The second-order valence-electron chi connectivity index (χ2n) is 4.58. The Morgan fingerprint density at radius 1 is 1.18 bits per heavy atom. The Bertz CT molecular complexity index is 156. The molecule has 11 heavy (non-hydrogen) atoms. The summed E-state index contributed by atoms with van der Waals surface area (Å²) in [7, 11) is 0. The Labute approximate surface area is 71.7 Å². The summed E-state index contributed by atoms with van der Waals surface area (Å²) in [5.74, 6) is 0.233. The van der Waals surface area contributed by atoms with Crippen LogP contribution in [0.4, 0.5) is 0 Å². The summed E-state index contributed by atoms with van der Waals surface area (Å²) >= 11 is -1.93. The molecule has 0 saturated carbocycles. The quantitative estimate of drug-likeness (QED) is 0.605. The van der Waals surface area contributed by atoms with Gasteiger partial charge in [-0.3, -0.25) is 4.21 Å². The molecule has 3 heteroatoms. The fraction of sp³-hybridized carbons (Fsp3) is 1.00. The highest BCUT2D eigenvalue weighted by molar-refractivity contribution is 7.79. The molecule has 0 aromatic carbocycles. The average Bonchev–Trinajstić information content (AvgIpc) is 1.56. The fourth-order valence-corrected chi connectivity index (χ4v) is 1.53. The minimum atomic E-state index is -1.93. The molecule has 1 unspecified atom stereocenters. The third-order valence-electron chi connectivity index (χ3n) is 2.51. The molecule has 0 spiro atoms. The average molecular weight is 177 g/mol. The maximum Gasteiger partial charge on any atom is 0.0158 e. The normalized spacial score (nSPS) is 16.5. The first-order valence-corrected chi connectivity index (χ1v) is 4.97. The van der Waals surface area contributed by atoms with Crippen molar-refractivity contribution in [3.8, 4) is 0 Å². The zero-order valence-corrected chi connectivity index (χ0v) is 8.75. The number of hydrogen-bond donors (Lipinski definition) is 0. The van der Waals surface area contributed by atoms with Crippen molar-refractivity contribution in [2.45, 2.75) is 34.6 Å². The smallest absolute Gasteiger partial charge is 0.0158 e. The van der Waals surface area contributed by atoms with Crippen LogP contribution in [-0.2, 0) is 11.1 Å². The van der Waals surface area contributed by atoms with Crippen LogP contribution in [0.25, 0.3) is 0 Å². The van der Waals surface area contributed by atoms with Gasteiger partial charge in [0.2, 0.25) is 0 Å². The van der Waals surface area contributed by atoms with Gasteiger partial charge in [-0.1, -0.05) is 45.7 Å². The van der Waals surface area contributed by atoms with Gasteiger partial charge in [-0.2, -0.15) is 0 Å². The molecule has 0 fully saturated rings. The second-order valence-corrected chi connectivity index (χ2v) is 5.48. The molecule has 0 radical (unpaired) electrons. The molecule has 0 N–H and O–H groups in total. The van der Waals surface area contributed by atoms with E-state index < -0.39 is 11.1 Å². The summed E-state index contributed by atoms with van der Waals surface area (Å²) in [6.45, 7) is 10.1. The highest BCUT2D eigenvalue weighted by Crippen LogP contribution is 2.38. The van der Waals surface area contributed by atoms with E-state index in [1.54, 1.807) is 0 Å². The summed E-state index contributed by atoms with van der Waals surface area (Å²) in [6, 6.07) is 0. The largest absolute Gasteiger partial charge is 0.772 e. The minimum Gasteiger partial charge on any atom is -0.772 e. The van der Waals surface area contributed by atoms with E-state index >= 15 is 0 Å². The van der Waals surface area contributed by atoms with E-state index in [1.165, 1.54) is 0 Å². The van der Waals surface area contributed by atoms with Crippen molar-refractivity contribution in [3.05, 3.63) is 0 Å². The van der Waals surface area contributed by atoms with Gasteiger partial charge in [0.1, 0.15) is 0 Å². The summed E-state index contributed by atoms with van der Waals surface area (Å²) in [5, 5.41) is 0. The van der Waals surface area contributed by atoms with Crippen LogP contribution in [0.2, 0.25) is 0 Å². The predicted octanol–water partition coefficient (Wildman–Crippen LogP) is 1.94. The molecule has 0 amide bonds. The van der Waals surface area contributed by atoms with Gasteiger partial charge in [0.15, 0.2) is 0 Å². The molecule has 1 atom stereocenters. The Kier molecular flexibility index (Phi) is 3.27. The van der Waals surface area contributed by atoms with Crippen LogP contribution < -0.4 is 0 Å². The number of rotatable bonds is 2. The van der Waals surface area contributed by atoms with Crippen molar-refractivity contribution in [1.82, 2.24) is 0 Å². The van der Waals surface area contributed by atoms with Crippen LogP contribution >= 0.6 is 0 Å². The summed E-state index contributed by atoms with van der Waals surface area (Å²) in [6.07, 6.45) is 0. The summed E-state index contributed by atoms with van der Waals surface area (Å²) in [4.78, 5) is 0. The molecule has 0 heterocycles. The van der Waals surface area contributed by atoms with E-state index in [0.717, 1.165) is 0 Å². The molecule has 0 saturated heterocycles. The van der Waals surface area contributed by atoms with Crippen molar-refractivity contribution >= 4 is 11.1 Å². The zero-order chi connectivity index (χ0) is 9.28. The van der Waals surface area contributed by atoms with E-state index in [1.807, 2.05) is 13.8 Å². The van der Waals surface area contributed by atoms with E-state index in [0.29, 0.717) is 0 Å². The van der Waals surface area contributed by atoms with Gasteiger partial charge in [0.25, 0.3) is 0 Å². The SMILES string of the molecule is CC(C)(C)C(C)(C)CS(=O)[O-]. The summed E-state index contributed by atoms with van der Waals surface area (Å²) < 4.78 is 20.9. The van der Waals surface area contributed by atoms with E-state index in [9.17, 15) is 8.76 Å². The molecule has 0 aromatic rings. The van der Waals surface area contributed by atoms with Gasteiger partial charge in [-0.05, 0) is 10.8 Å². The molecule has 2 nitrogen and oxygen atoms in total. The van der Waals surface area contributed by atoms with Crippen LogP contribution in [-0.4, -0.2) is 14.5 Å². The highest BCUT2D eigenvalue weighted by atomic mass is 32.2. The van der Waals surface area contributed by atoms with Gasteiger partial charge >= 0.3 is 0 Å². The minimum absolute atomic E-state index is 0.0348. The van der Waals surface area contributed by atoms with Crippen LogP contribution in [0, 0.1) is 10.8 Å². The second kappa shape index (κ2) is 3.23. The van der Waals surface area contributed by atoms with E-state index in [2.05, 4.69) is 20.8 Å². The monoisotopic (exact) mass is 177 g/mol. The first-order valence-electron chi connectivity index (χ1n) is 3.73. The first kappa shape index (κ1) is 11.1.